The highest BCUT2D eigenvalue weighted by atomic mass is 16.2. The highest BCUT2D eigenvalue weighted by Gasteiger charge is 2.27. The Bertz CT molecular complexity index is 754. The molecule has 2 aromatic heterocycles. The number of nitrogens with two attached hydrogens (primary N) is 1. The number of hydrogen-bond donors (Lipinski definition) is 2. The molecule has 1 saturated heterocycles. The Kier molecular flexibility index (Phi) is 4.26. The normalized spacial score (nSPS) is 18.6. The first-order valence-corrected chi connectivity index (χ1v) is 8.28. The summed E-state index contributed by atoms with van der Waals surface area (Å²) in [7, 11) is 0. The number of piperidine rings is 1. The largest absolute Gasteiger partial charge is 0.382 e. The van der Waals surface area contributed by atoms with Gasteiger partial charge in [-0.05, 0) is 25.0 Å². The Labute approximate surface area is 141 Å². The monoisotopic (exact) mass is 328 g/mol. The minimum atomic E-state index is -0.380. The van der Waals surface area contributed by atoms with E-state index >= 15 is 0 Å². The topological polar surface area (TPSA) is 97.0 Å². The summed E-state index contributed by atoms with van der Waals surface area (Å²) in [5, 5.41) is 3.15. The average Bonchev–Trinajstić information content (AvgIpc) is 2.54. The van der Waals surface area contributed by atoms with E-state index in [0.717, 1.165) is 37.3 Å². The highest BCUT2D eigenvalue weighted by molar-refractivity contribution is 5.85. The van der Waals surface area contributed by atoms with Crippen molar-refractivity contribution in [2.75, 3.05) is 23.7 Å². The van der Waals surface area contributed by atoms with Crippen molar-refractivity contribution in [3.8, 4) is 0 Å². The lowest BCUT2D eigenvalue weighted by Crippen LogP contribution is -2.50. The van der Waals surface area contributed by atoms with E-state index in [1.807, 2.05) is 32.9 Å². The standard InChI is InChI=1S/C17H24N6O/c1-17(2,3)16(24)21-11-5-4-8-23(9-11)13-7-6-12-14(22-13)15(18)20-10-19-12/h6-7,10-11H,4-5,8-9H2,1-3H3,(H,21,24)(H2,18,19,20)/t11-/m0/s1. The highest BCUT2D eigenvalue weighted by Crippen LogP contribution is 2.23. The molecule has 24 heavy (non-hydrogen) atoms. The number of hydrogen-bond acceptors (Lipinski definition) is 6. The maximum Gasteiger partial charge on any atom is 0.225 e. The number of rotatable bonds is 2. The van der Waals surface area contributed by atoms with E-state index in [4.69, 9.17) is 5.73 Å². The number of nitrogens with one attached hydrogen (secondary N) is 1. The molecule has 0 saturated carbocycles. The fourth-order valence-electron chi connectivity index (χ4n) is 2.83. The van der Waals surface area contributed by atoms with Gasteiger partial charge in [-0.3, -0.25) is 4.79 Å². The molecule has 128 valence electrons. The fraction of sp³-hybridized carbons (Fsp3) is 0.529. The average molecular weight is 328 g/mol. The quantitative estimate of drug-likeness (QED) is 0.871. The van der Waals surface area contributed by atoms with Crippen molar-refractivity contribution in [3.05, 3.63) is 18.5 Å². The van der Waals surface area contributed by atoms with Gasteiger partial charge < -0.3 is 16.0 Å². The molecule has 3 heterocycles. The number of aromatic nitrogens is 3. The first-order chi connectivity index (χ1) is 11.3. The lowest BCUT2D eigenvalue weighted by atomic mass is 9.94. The van der Waals surface area contributed by atoms with Crippen molar-refractivity contribution in [1.82, 2.24) is 20.3 Å². The van der Waals surface area contributed by atoms with Crippen LogP contribution in [0, 0.1) is 5.41 Å². The van der Waals surface area contributed by atoms with Gasteiger partial charge in [0, 0.05) is 24.5 Å². The third-order valence-corrected chi connectivity index (χ3v) is 4.26. The van der Waals surface area contributed by atoms with Crippen LogP contribution in [0.2, 0.25) is 0 Å². The molecule has 1 amide bonds. The van der Waals surface area contributed by atoms with E-state index in [-0.39, 0.29) is 17.4 Å². The van der Waals surface area contributed by atoms with Crippen LogP contribution in [0.5, 0.6) is 0 Å². The van der Waals surface area contributed by atoms with E-state index in [9.17, 15) is 4.79 Å². The molecule has 7 heteroatoms. The molecule has 2 aromatic rings. The number of fused-ring (bicyclic) bond motifs is 1. The van der Waals surface area contributed by atoms with E-state index in [1.165, 1.54) is 6.33 Å². The van der Waals surface area contributed by atoms with E-state index in [1.54, 1.807) is 0 Å². The summed E-state index contributed by atoms with van der Waals surface area (Å²) in [4.78, 5) is 27.2. The van der Waals surface area contributed by atoms with E-state index < -0.39 is 0 Å². The Morgan fingerprint density at radius 3 is 2.88 bits per heavy atom. The third kappa shape index (κ3) is 3.39. The SMILES string of the molecule is CC(C)(C)C(=O)N[C@H]1CCCN(c2ccc3ncnc(N)c3n2)C1. The van der Waals surface area contributed by atoms with Crippen LogP contribution >= 0.6 is 0 Å². The minimum absolute atomic E-state index is 0.0819. The van der Waals surface area contributed by atoms with E-state index in [0.29, 0.717) is 11.3 Å². The summed E-state index contributed by atoms with van der Waals surface area (Å²) in [6, 6.07) is 3.99. The zero-order chi connectivity index (χ0) is 17.3. The number of pyridine rings is 1. The van der Waals surface area contributed by atoms with Gasteiger partial charge in [0.25, 0.3) is 0 Å². The first kappa shape index (κ1) is 16.4. The molecule has 1 aliphatic heterocycles. The van der Waals surface area contributed by atoms with Crippen molar-refractivity contribution in [3.63, 3.8) is 0 Å². The van der Waals surface area contributed by atoms with Gasteiger partial charge in [0.2, 0.25) is 5.91 Å². The summed E-state index contributed by atoms with van der Waals surface area (Å²) in [5.74, 6) is 1.31. The zero-order valence-electron chi connectivity index (χ0n) is 14.4. The van der Waals surface area contributed by atoms with Gasteiger partial charge in [0.1, 0.15) is 17.7 Å². The molecule has 0 unspecified atom stereocenters. The van der Waals surface area contributed by atoms with Crippen LogP contribution in [-0.4, -0.2) is 40.0 Å². The molecular weight excluding hydrogens is 304 g/mol. The number of nitrogens with zero attached hydrogens (tertiary/aromatic N) is 4. The molecular formula is C17H24N6O. The summed E-state index contributed by atoms with van der Waals surface area (Å²) in [6.07, 6.45) is 3.44. The smallest absolute Gasteiger partial charge is 0.225 e. The van der Waals surface area contributed by atoms with Crippen LogP contribution in [0.4, 0.5) is 11.6 Å². The molecule has 0 bridgehead atoms. The van der Waals surface area contributed by atoms with Gasteiger partial charge in [-0.15, -0.1) is 0 Å². The Morgan fingerprint density at radius 1 is 1.33 bits per heavy atom. The molecule has 3 N–H and O–H groups in total. The van der Waals surface area contributed by atoms with Gasteiger partial charge in [0.15, 0.2) is 5.82 Å². The van der Waals surface area contributed by atoms with Gasteiger partial charge in [0.05, 0.1) is 5.52 Å². The predicted octanol–water partition coefficient (Wildman–Crippen LogP) is 1.74. The maximum atomic E-state index is 12.2. The summed E-state index contributed by atoms with van der Waals surface area (Å²) < 4.78 is 0. The second kappa shape index (κ2) is 6.22. The molecule has 0 aromatic carbocycles. The van der Waals surface area contributed by atoms with Crippen LogP contribution in [0.3, 0.4) is 0 Å². The molecule has 3 rings (SSSR count). The predicted molar refractivity (Wildman–Crippen MR) is 94.6 cm³/mol. The first-order valence-electron chi connectivity index (χ1n) is 8.28. The van der Waals surface area contributed by atoms with Crippen LogP contribution in [0.25, 0.3) is 11.0 Å². The second-order valence-electron chi connectivity index (χ2n) is 7.30. The second-order valence-corrected chi connectivity index (χ2v) is 7.30. The van der Waals surface area contributed by atoms with Crippen molar-refractivity contribution in [2.24, 2.45) is 5.41 Å². The Balaban J connectivity index is 1.77. The number of carbonyl (C=O) groups is 1. The summed E-state index contributed by atoms with van der Waals surface area (Å²) in [5.41, 5.74) is 6.88. The molecule has 1 fully saturated rings. The van der Waals surface area contributed by atoms with Crippen molar-refractivity contribution < 1.29 is 4.79 Å². The van der Waals surface area contributed by atoms with Crippen LogP contribution in [-0.2, 0) is 4.79 Å². The Morgan fingerprint density at radius 2 is 2.12 bits per heavy atom. The number of carbonyl (C=O) groups excluding carboxylic acids is 1. The van der Waals surface area contributed by atoms with Gasteiger partial charge in [-0.25, -0.2) is 15.0 Å². The van der Waals surface area contributed by atoms with Crippen LogP contribution < -0.4 is 16.0 Å². The van der Waals surface area contributed by atoms with Gasteiger partial charge >= 0.3 is 0 Å². The van der Waals surface area contributed by atoms with Crippen molar-refractivity contribution in [1.29, 1.82) is 0 Å². The van der Waals surface area contributed by atoms with Gasteiger partial charge in [-0.1, -0.05) is 20.8 Å². The van der Waals surface area contributed by atoms with Crippen LogP contribution in [0.15, 0.2) is 18.5 Å². The molecule has 0 spiro atoms. The Hall–Kier alpha value is -2.44. The molecule has 0 aliphatic carbocycles. The number of amides is 1. The zero-order valence-corrected chi connectivity index (χ0v) is 14.4. The van der Waals surface area contributed by atoms with Crippen molar-refractivity contribution >= 4 is 28.6 Å². The summed E-state index contributed by atoms with van der Waals surface area (Å²) in [6.45, 7) is 7.44. The minimum Gasteiger partial charge on any atom is -0.382 e. The maximum absolute atomic E-state index is 12.2. The number of nitrogen functional groups attached to an aromatic ring is 1. The van der Waals surface area contributed by atoms with E-state index in [2.05, 4.69) is 25.2 Å². The molecule has 1 atom stereocenters. The lowest BCUT2D eigenvalue weighted by Gasteiger charge is -2.35. The molecule has 7 nitrogen and oxygen atoms in total. The third-order valence-electron chi connectivity index (χ3n) is 4.26. The fourth-order valence-corrected chi connectivity index (χ4v) is 2.83. The number of anilines is 2. The molecule has 0 radical (unpaired) electrons. The lowest BCUT2D eigenvalue weighted by molar-refractivity contribution is -0.129. The van der Waals surface area contributed by atoms with Crippen molar-refractivity contribution in [2.45, 2.75) is 39.7 Å². The summed E-state index contributed by atoms with van der Waals surface area (Å²) >= 11 is 0. The molecule has 1 aliphatic rings. The van der Waals surface area contributed by atoms with Crippen LogP contribution in [0.1, 0.15) is 33.6 Å². The van der Waals surface area contributed by atoms with Gasteiger partial charge in [-0.2, -0.15) is 0 Å².